The van der Waals surface area contributed by atoms with E-state index in [1.165, 1.54) is 12.1 Å². The Morgan fingerprint density at radius 3 is 2.73 bits per heavy atom. The first-order valence-electron chi connectivity index (χ1n) is 3.98. The summed E-state index contributed by atoms with van der Waals surface area (Å²) in [4.78, 5) is 10.1. The lowest BCUT2D eigenvalue weighted by atomic mass is 10.1. The molecule has 2 rings (SSSR count). The maximum absolute atomic E-state index is 10.7. The molecule has 0 radical (unpaired) electrons. The van der Waals surface area contributed by atoms with Gasteiger partial charge >= 0.3 is 0 Å². The van der Waals surface area contributed by atoms with Gasteiger partial charge in [0.05, 0.1) is 22.8 Å². The third-order valence-corrected chi connectivity index (χ3v) is 1.92. The number of hydrogen-bond donors (Lipinski definition) is 1. The van der Waals surface area contributed by atoms with E-state index in [9.17, 15) is 10.1 Å². The molecule has 0 fully saturated rings. The Hall–Kier alpha value is -2.31. The minimum Gasteiger partial charge on any atom is -0.454 e. The Kier molecular flexibility index (Phi) is 2.13. The fraction of sp³-hybridized carbons (Fsp3) is 0.125. The van der Waals surface area contributed by atoms with Crippen LogP contribution in [-0.2, 0) is 0 Å². The number of nitrogens with zero attached hydrogens (tertiary/aromatic N) is 2. The van der Waals surface area contributed by atoms with E-state index in [0.29, 0.717) is 11.5 Å². The Morgan fingerprint density at radius 1 is 1.47 bits per heavy atom. The van der Waals surface area contributed by atoms with Crippen LogP contribution in [0.1, 0.15) is 5.56 Å². The van der Waals surface area contributed by atoms with Crippen LogP contribution in [0, 0.1) is 10.1 Å². The molecule has 0 bridgehead atoms. The molecule has 0 atom stereocenters. The highest BCUT2D eigenvalue weighted by molar-refractivity contribution is 5.86. The average Bonchev–Trinajstić information content (AvgIpc) is 2.63. The normalized spacial score (nSPS) is 13.3. The number of ether oxygens (including phenoxy) is 2. The molecule has 1 aliphatic rings. The topological polar surface area (TPSA) is 94.2 Å². The predicted molar refractivity (Wildman–Crippen MR) is 48.6 cm³/mol. The van der Waals surface area contributed by atoms with Gasteiger partial charge in [-0.15, -0.1) is 0 Å². The van der Waals surface area contributed by atoms with Crippen LogP contribution in [0.3, 0.4) is 0 Å². The molecule has 1 aliphatic heterocycles. The van der Waals surface area contributed by atoms with Gasteiger partial charge in [-0.25, -0.2) is 0 Å². The van der Waals surface area contributed by atoms with Crippen molar-refractivity contribution < 1.29 is 19.6 Å². The highest BCUT2D eigenvalue weighted by Crippen LogP contribution is 2.37. The molecule has 1 heterocycles. The zero-order chi connectivity index (χ0) is 10.8. The first-order valence-corrected chi connectivity index (χ1v) is 3.98. The summed E-state index contributed by atoms with van der Waals surface area (Å²) in [7, 11) is 0. The zero-order valence-corrected chi connectivity index (χ0v) is 7.41. The number of oxime groups is 1. The Labute approximate surface area is 83.7 Å². The number of benzene rings is 1. The minimum absolute atomic E-state index is 0.0339. The highest BCUT2D eigenvalue weighted by Gasteiger charge is 2.22. The lowest BCUT2D eigenvalue weighted by Crippen LogP contribution is -1.94. The molecule has 15 heavy (non-hydrogen) atoms. The number of nitro benzene ring substituents is 1. The van der Waals surface area contributed by atoms with Crippen molar-refractivity contribution in [3.05, 3.63) is 27.8 Å². The summed E-state index contributed by atoms with van der Waals surface area (Å²) >= 11 is 0. The second-order valence-electron chi connectivity index (χ2n) is 2.77. The number of fused-ring (bicyclic) bond motifs is 1. The Bertz CT molecular complexity index is 443. The monoisotopic (exact) mass is 210 g/mol. The molecule has 0 spiro atoms. The fourth-order valence-corrected chi connectivity index (χ4v) is 1.27. The summed E-state index contributed by atoms with van der Waals surface area (Å²) in [6.07, 6.45) is 0.972. The van der Waals surface area contributed by atoms with Crippen molar-refractivity contribution in [3.8, 4) is 11.5 Å². The van der Waals surface area contributed by atoms with Crippen molar-refractivity contribution in [2.24, 2.45) is 5.16 Å². The lowest BCUT2D eigenvalue weighted by molar-refractivity contribution is -0.385. The molecule has 7 heteroatoms. The third-order valence-electron chi connectivity index (χ3n) is 1.92. The molecular formula is C8H6N2O5. The predicted octanol–water partition coefficient (Wildman–Crippen LogP) is 1.13. The van der Waals surface area contributed by atoms with Gasteiger partial charge in [0.25, 0.3) is 5.69 Å². The van der Waals surface area contributed by atoms with Gasteiger partial charge in [0.2, 0.25) is 6.79 Å². The minimum atomic E-state index is -0.584. The fourth-order valence-electron chi connectivity index (χ4n) is 1.27. The van der Waals surface area contributed by atoms with Crippen molar-refractivity contribution in [1.29, 1.82) is 0 Å². The van der Waals surface area contributed by atoms with Crippen LogP contribution in [0.25, 0.3) is 0 Å². The summed E-state index contributed by atoms with van der Waals surface area (Å²) < 4.78 is 10.0. The first-order chi connectivity index (χ1) is 7.22. The van der Waals surface area contributed by atoms with Gasteiger partial charge < -0.3 is 14.7 Å². The van der Waals surface area contributed by atoms with Gasteiger partial charge in [-0.05, 0) is 6.07 Å². The smallest absolute Gasteiger partial charge is 0.282 e. The summed E-state index contributed by atoms with van der Waals surface area (Å²) in [5.74, 6) is 0.715. The number of hydrogen-bond acceptors (Lipinski definition) is 6. The van der Waals surface area contributed by atoms with E-state index in [1.54, 1.807) is 0 Å². The van der Waals surface area contributed by atoms with Gasteiger partial charge in [-0.2, -0.15) is 0 Å². The second kappa shape index (κ2) is 3.45. The van der Waals surface area contributed by atoms with Crippen LogP contribution in [0.2, 0.25) is 0 Å². The van der Waals surface area contributed by atoms with Gasteiger partial charge in [-0.3, -0.25) is 10.1 Å². The van der Waals surface area contributed by atoms with Crippen molar-refractivity contribution in [1.82, 2.24) is 0 Å². The molecule has 0 saturated carbocycles. The van der Waals surface area contributed by atoms with Gasteiger partial charge in [0.15, 0.2) is 11.5 Å². The SMILES string of the molecule is O=[N+]([O-])c1cc2c(cc1C=NO)OCO2. The van der Waals surface area contributed by atoms with E-state index in [-0.39, 0.29) is 18.0 Å². The van der Waals surface area contributed by atoms with Crippen LogP contribution in [-0.4, -0.2) is 23.1 Å². The number of nitro groups is 1. The summed E-state index contributed by atoms with van der Waals surface area (Å²) in [6, 6.07) is 2.62. The largest absolute Gasteiger partial charge is 0.454 e. The zero-order valence-electron chi connectivity index (χ0n) is 7.41. The quantitative estimate of drug-likeness (QED) is 0.341. The van der Waals surface area contributed by atoms with Gasteiger partial charge in [0.1, 0.15) is 0 Å². The summed E-state index contributed by atoms with van der Waals surface area (Å²) in [6.45, 7) is 0.0339. The van der Waals surface area contributed by atoms with E-state index in [4.69, 9.17) is 14.7 Å². The maximum atomic E-state index is 10.7. The van der Waals surface area contributed by atoms with Crippen LogP contribution in [0.4, 0.5) is 5.69 Å². The lowest BCUT2D eigenvalue weighted by Gasteiger charge is -1.99. The van der Waals surface area contributed by atoms with E-state index in [2.05, 4.69) is 5.16 Å². The molecule has 0 amide bonds. The van der Waals surface area contributed by atoms with E-state index < -0.39 is 4.92 Å². The van der Waals surface area contributed by atoms with Gasteiger partial charge in [-0.1, -0.05) is 5.16 Å². The Balaban J connectivity index is 2.56. The standard InChI is InChI=1S/C8H6N2O5/c11-9-3-5-1-7-8(15-4-14-7)2-6(5)10(12)13/h1-3,11H,4H2. The van der Waals surface area contributed by atoms with Crippen molar-refractivity contribution in [2.75, 3.05) is 6.79 Å². The molecule has 1 N–H and O–H groups in total. The van der Waals surface area contributed by atoms with Crippen molar-refractivity contribution in [3.63, 3.8) is 0 Å². The highest BCUT2D eigenvalue weighted by atomic mass is 16.7. The molecule has 78 valence electrons. The van der Waals surface area contributed by atoms with Crippen LogP contribution in [0.15, 0.2) is 17.3 Å². The van der Waals surface area contributed by atoms with Crippen molar-refractivity contribution >= 4 is 11.9 Å². The number of rotatable bonds is 2. The van der Waals surface area contributed by atoms with E-state index >= 15 is 0 Å². The molecule has 0 aromatic heterocycles. The van der Waals surface area contributed by atoms with E-state index in [1.807, 2.05) is 0 Å². The Morgan fingerprint density at radius 2 is 2.13 bits per heavy atom. The molecule has 1 aromatic carbocycles. The molecule has 0 unspecified atom stereocenters. The van der Waals surface area contributed by atoms with E-state index in [0.717, 1.165) is 6.21 Å². The molecule has 0 saturated heterocycles. The van der Waals surface area contributed by atoms with Crippen LogP contribution < -0.4 is 9.47 Å². The molecular weight excluding hydrogens is 204 g/mol. The van der Waals surface area contributed by atoms with Crippen LogP contribution >= 0.6 is 0 Å². The summed E-state index contributed by atoms with van der Waals surface area (Å²) in [5, 5.41) is 21.8. The molecule has 7 nitrogen and oxygen atoms in total. The molecule has 1 aromatic rings. The third kappa shape index (κ3) is 1.54. The average molecular weight is 210 g/mol. The molecule has 0 aliphatic carbocycles. The van der Waals surface area contributed by atoms with Gasteiger partial charge in [0, 0.05) is 0 Å². The van der Waals surface area contributed by atoms with Crippen LogP contribution in [0.5, 0.6) is 11.5 Å². The summed E-state index contributed by atoms with van der Waals surface area (Å²) in [5.41, 5.74) is -0.0381. The second-order valence-corrected chi connectivity index (χ2v) is 2.77. The maximum Gasteiger partial charge on any atom is 0.282 e. The first kappa shape index (κ1) is 9.25. The van der Waals surface area contributed by atoms with Crippen molar-refractivity contribution in [2.45, 2.75) is 0 Å².